The third-order valence-electron chi connectivity index (χ3n) is 3.05. The highest BCUT2D eigenvalue weighted by Crippen LogP contribution is 2.13. The van der Waals surface area contributed by atoms with Crippen molar-refractivity contribution in [2.75, 3.05) is 18.1 Å². The fourth-order valence-electron chi connectivity index (χ4n) is 1.89. The summed E-state index contributed by atoms with van der Waals surface area (Å²) in [6, 6.07) is 9.00. The Morgan fingerprint density at radius 2 is 1.87 bits per heavy atom. The zero-order valence-electron chi connectivity index (χ0n) is 12.4. The Bertz CT molecular complexity index is 782. The van der Waals surface area contributed by atoms with Crippen LogP contribution >= 0.6 is 0 Å². The lowest BCUT2D eigenvalue weighted by molar-refractivity contribution is -0.116. The van der Waals surface area contributed by atoms with Crippen molar-refractivity contribution in [2.45, 2.75) is 6.54 Å². The summed E-state index contributed by atoms with van der Waals surface area (Å²) in [5.74, 6) is -1.20. The second-order valence-electron chi connectivity index (χ2n) is 4.91. The van der Waals surface area contributed by atoms with Crippen molar-refractivity contribution in [3.05, 3.63) is 60.2 Å². The van der Waals surface area contributed by atoms with E-state index in [1.54, 1.807) is 18.2 Å². The van der Waals surface area contributed by atoms with Gasteiger partial charge in [0.15, 0.2) is 0 Å². The van der Waals surface area contributed by atoms with Gasteiger partial charge in [-0.3, -0.25) is 9.78 Å². The molecule has 1 amide bonds. The molecule has 1 aromatic heterocycles. The molecule has 0 unspecified atom stereocenters. The van der Waals surface area contributed by atoms with Crippen LogP contribution in [0.25, 0.3) is 0 Å². The van der Waals surface area contributed by atoms with E-state index in [2.05, 4.69) is 10.3 Å². The number of amides is 1. The number of sulfonamides is 1. The molecular formula is C15H16FN3O3S. The summed E-state index contributed by atoms with van der Waals surface area (Å²) in [4.78, 5) is 15.9. The number of benzene rings is 1. The number of pyridine rings is 1. The number of nitrogens with zero attached hydrogens (tertiary/aromatic N) is 2. The Morgan fingerprint density at radius 3 is 2.48 bits per heavy atom. The van der Waals surface area contributed by atoms with Crippen molar-refractivity contribution in [1.29, 1.82) is 0 Å². The van der Waals surface area contributed by atoms with Crippen LogP contribution in [0.1, 0.15) is 5.56 Å². The average Bonchev–Trinajstić information content (AvgIpc) is 2.49. The number of anilines is 1. The van der Waals surface area contributed by atoms with Crippen LogP contribution in [0.2, 0.25) is 0 Å². The molecule has 1 heterocycles. The predicted octanol–water partition coefficient (Wildman–Crippen LogP) is 1.62. The van der Waals surface area contributed by atoms with Gasteiger partial charge in [-0.2, -0.15) is 4.31 Å². The van der Waals surface area contributed by atoms with Gasteiger partial charge in [0.1, 0.15) is 5.82 Å². The summed E-state index contributed by atoms with van der Waals surface area (Å²) in [6.45, 7) is -0.373. The van der Waals surface area contributed by atoms with Crippen LogP contribution in [0.3, 0.4) is 0 Å². The van der Waals surface area contributed by atoms with E-state index >= 15 is 0 Å². The average molecular weight is 337 g/mol. The van der Waals surface area contributed by atoms with Crippen LogP contribution in [-0.4, -0.2) is 36.4 Å². The van der Waals surface area contributed by atoms with Gasteiger partial charge in [0.2, 0.25) is 15.9 Å². The Hall–Kier alpha value is -2.32. The van der Waals surface area contributed by atoms with Crippen molar-refractivity contribution in [1.82, 2.24) is 9.29 Å². The van der Waals surface area contributed by atoms with Gasteiger partial charge in [0.05, 0.1) is 18.5 Å². The van der Waals surface area contributed by atoms with Gasteiger partial charge in [-0.25, -0.2) is 12.8 Å². The number of hydrogen-bond acceptors (Lipinski definition) is 4. The molecule has 23 heavy (non-hydrogen) atoms. The molecule has 0 saturated carbocycles. The van der Waals surface area contributed by atoms with Gasteiger partial charge in [0.25, 0.3) is 0 Å². The van der Waals surface area contributed by atoms with E-state index in [1.807, 2.05) is 0 Å². The number of hydrogen-bond donors (Lipinski definition) is 1. The normalized spacial score (nSPS) is 11.4. The molecule has 2 aromatic rings. The highest BCUT2D eigenvalue weighted by molar-refractivity contribution is 7.88. The summed E-state index contributed by atoms with van der Waals surface area (Å²) >= 11 is 0. The molecule has 122 valence electrons. The molecule has 1 aromatic carbocycles. The molecule has 0 saturated heterocycles. The molecule has 0 fully saturated rings. The molecule has 0 aliphatic rings. The highest BCUT2D eigenvalue weighted by atomic mass is 32.2. The Morgan fingerprint density at radius 1 is 1.22 bits per heavy atom. The van der Waals surface area contributed by atoms with E-state index in [9.17, 15) is 17.6 Å². The van der Waals surface area contributed by atoms with E-state index in [0.717, 1.165) is 10.6 Å². The molecule has 0 bridgehead atoms. The zero-order valence-corrected chi connectivity index (χ0v) is 13.3. The van der Waals surface area contributed by atoms with Crippen LogP contribution in [-0.2, 0) is 21.4 Å². The van der Waals surface area contributed by atoms with Crippen LogP contribution in [0.5, 0.6) is 0 Å². The maximum Gasteiger partial charge on any atom is 0.239 e. The molecule has 6 nitrogen and oxygen atoms in total. The third kappa shape index (κ3) is 5.11. The lowest BCUT2D eigenvalue weighted by atomic mass is 10.2. The first-order valence-corrected chi connectivity index (χ1v) is 8.59. The van der Waals surface area contributed by atoms with Crippen LogP contribution in [0.15, 0.2) is 48.8 Å². The van der Waals surface area contributed by atoms with Crippen molar-refractivity contribution >= 4 is 21.6 Å². The number of para-hydroxylation sites is 1. The highest BCUT2D eigenvalue weighted by Gasteiger charge is 2.21. The lowest BCUT2D eigenvalue weighted by Gasteiger charge is -2.19. The maximum absolute atomic E-state index is 13.5. The van der Waals surface area contributed by atoms with Gasteiger partial charge in [0, 0.05) is 18.9 Å². The van der Waals surface area contributed by atoms with Crippen LogP contribution in [0.4, 0.5) is 10.1 Å². The molecular weight excluding hydrogens is 321 g/mol. The Balaban J connectivity index is 2.09. The fourth-order valence-corrected chi connectivity index (χ4v) is 2.63. The molecule has 0 aliphatic heterocycles. The number of aromatic nitrogens is 1. The minimum absolute atomic E-state index is 0.00913. The van der Waals surface area contributed by atoms with Gasteiger partial charge < -0.3 is 5.32 Å². The summed E-state index contributed by atoms with van der Waals surface area (Å²) in [5, 5.41) is 2.37. The fraction of sp³-hybridized carbons (Fsp3) is 0.200. The third-order valence-corrected chi connectivity index (χ3v) is 4.24. The topological polar surface area (TPSA) is 79.4 Å². The van der Waals surface area contributed by atoms with Crippen molar-refractivity contribution in [3.63, 3.8) is 0 Å². The van der Waals surface area contributed by atoms with E-state index in [4.69, 9.17) is 0 Å². The number of rotatable bonds is 6. The number of halogens is 1. The first-order chi connectivity index (χ1) is 10.9. The molecule has 0 radical (unpaired) electrons. The summed E-state index contributed by atoms with van der Waals surface area (Å²) < 4.78 is 38.2. The molecule has 2 rings (SSSR count). The van der Waals surface area contributed by atoms with Gasteiger partial charge in [-0.1, -0.05) is 12.1 Å². The van der Waals surface area contributed by atoms with Crippen LogP contribution < -0.4 is 5.32 Å². The van der Waals surface area contributed by atoms with Gasteiger partial charge >= 0.3 is 0 Å². The van der Waals surface area contributed by atoms with Gasteiger partial charge in [-0.05, 0) is 29.8 Å². The van der Waals surface area contributed by atoms with Gasteiger partial charge in [-0.15, -0.1) is 0 Å². The van der Waals surface area contributed by atoms with Crippen molar-refractivity contribution in [2.24, 2.45) is 0 Å². The first-order valence-electron chi connectivity index (χ1n) is 6.74. The predicted molar refractivity (Wildman–Crippen MR) is 84.5 cm³/mol. The molecule has 1 N–H and O–H groups in total. The van der Waals surface area contributed by atoms with Crippen LogP contribution in [0, 0.1) is 5.82 Å². The monoisotopic (exact) mass is 337 g/mol. The van der Waals surface area contributed by atoms with E-state index in [-0.39, 0.29) is 12.2 Å². The minimum atomic E-state index is -3.60. The van der Waals surface area contributed by atoms with Crippen molar-refractivity contribution in [3.8, 4) is 0 Å². The minimum Gasteiger partial charge on any atom is -0.322 e. The van der Waals surface area contributed by atoms with E-state index in [0.29, 0.717) is 5.56 Å². The zero-order chi connectivity index (χ0) is 16.9. The largest absolute Gasteiger partial charge is 0.322 e. The summed E-state index contributed by atoms with van der Waals surface area (Å²) in [5.41, 5.74) is 0.707. The summed E-state index contributed by atoms with van der Waals surface area (Å²) in [7, 11) is -3.60. The Kier molecular flexibility index (Phi) is 5.41. The number of carbonyl (C=O) groups is 1. The van der Waals surface area contributed by atoms with E-state index in [1.165, 1.54) is 30.6 Å². The number of carbonyl (C=O) groups excluding carboxylic acids is 1. The van der Waals surface area contributed by atoms with Crippen molar-refractivity contribution < 1.29 is 17.6 Å². The first kappa shape index (κ1) is 17.0. The SMILES string of the molecule is CS(=O)(=O)N(CC(=O)Nc1ccccc1F)Cc1ccncc1. The quantitative estimate of drug-likeness (QED) is 0.869. The molecule has 0 spiro atoms. The smallest absolute Gasteiger partial charge is 0.239 e. The second kappa shape index (κ2) is 7.30. The lowest BCUT2D eigenvalue weighted by Crippen LogP contribution is -2.37. The Labute approximate surface area is 134 Å². The maximum atomic E-state index is 13.5. The molecule has 0 atom stereocenters. The summed E-state index contributed by atoms with van der Waals surface area (Å²) in [6.07, 6.45) is 4.09. The molecule has 8 heteroatoms. The second-order valence-corrected chi connectivity index (χ2v) is 6.90. The van der Waals surface area contributed by atoms with E-state index < -0.39 is 28.3 Å². The molecule has 0 aliphatic carbocycles. The number of nitrogens with one attached hydrogen (secondary N) is 1. The standard InChI is InChI=1S/C15H16FN3O3S/c1-23(21,22)19(10-12-6-8-17-9-7-12)11-15(20)18-14-5-3-2-4-13(14)16/h2-9H,10-11H2,1H3,(H,18,20).